The molecule has 5 nitrogen and oxygen atoms in total. The van der Waals surface area contributed by atoms with Gasteiger partial charge in [0.2, 0.25) is 0 Å². The second kappa shape index (κ2) is 5.81. The number of fused-ring (bicyclic) bond motifs is 1. The first kappa shape index (κ1) is 14.6. The summed E-state index contributed by atoms with van der Waals surface area (Å²) >= 11 is 1.36. The number of nitrogen functional groups attached to an aromatic ring is 1. The number of ether oxygens (including phenoxy) is 1. The van der Waals surface area contributed by atoms with Gasteiger partial charge in [-0.25, -0.2) is 4.79 Å². The normalized spacial score (nSPS) is 13.6. The van der Waals surface area contributed by atoms with E-state index in [0.717, 1.165) is 10.4 Å². The van der Waals surface area contributed by atoms with Crippen LogP contribution in [0.1, 0.15) is 31.2 Å². The summed E-state index contributed by atoms with van der Waals surface area (Å²) in [7, 11) is 1.35. The zero-order valence-corrected chi connectivity index (χ0v) is 13.0. The van der Waals surface area contributed by atoms with E-state index in [1.54, 1.807) is 17.0 Å². The van der Waals surface area contributed by atoms with Gasteiger partial charge >= 0.3 is 5.97 Å². The van der Waals surface area contributed by atoms with E-state index in [-0.39, 0.29) is 5.91 Å². The number of hydrogen-bond acceptors (Lipinski definition) is 5. The van der Waals surface area contributed by atoms with E-state index in [9.17, 15) is 9.59 Å². The Balaban J connectivity index is 1.86. The van der Waals surface area contributed by atoms with Crippen molar-refractivity contribution in [1.29, 1.82) is 0 Å². The Hall–Kier alpha value is -2.34. The molecule has 1 aromatic heterocycles. The van der Waals surface area contributed by atoms with Gasteiger partial charge in [0, 0.05) is 17.0 Å². The number of amides is 1. The van der Waals surface area contributed by atoms with Crippen molar-refractivity contribution >= 4 is 28.2 Å². The molecule has 1 amide bonds. The third-order valence-corrected chi connectivity index (χ3v) is 4.83. The zero-order chi connectivity index (χ0) is 15.7. The van der Waals surface area contributed by atoms with Gasteiger partial charge in [0.25, 0.3) is 5.91 Å². The first-order valence-electron chi connectivity index (χ1n) is 6.94. The van der Waals surface area contributed by atoms with E-state index in [0.29, 0.717) is 35.6 Å². The molecule has 2 N–H and O–H groups in total. The van der Waals surface area contributed by atoms with Crippen molar-refractivity contribution in [1.82, 2.24) is 4.90 Å². The van der Waals surface area contributed by atoms with E-state index in [4.69, 9.17) is 10.5 Å². The summed E-state index contributed by atoms with van der Waals surface area (Å²) in [5, 5.41) is 0.464. The Morgan fingerprint density at radius 2 is 2.00 bits per heavy atom. The topological polar surface area (TPSA) is 72.6 Å². The molecule has 1 aromatic carbocycles. The van der Waals surface area contributed by atoms with Crippen LogP contribution in [0.3, 0.4) is 0 Å². The number of nitrogens with zero attached hydrogens (tertiary/aromatic N) is 1. The molecule has 1 aliphatic heterocycles. The second-order valence-corrected chi connectivity index (χ2v) is 6.21. The molecule has 0 fully saturated rings. The minimum absolute atomic E-state index is 0.00200. The third kappa shape index (κ3) is 2.46. The molecular formula is C16H16N2O3S. The van der Waals surface area contributed by atoms with Crippen LogP contribution in [0.25, 0.3) is 0 Å². The molecular weight excluding hydrogens is 300 g/mol. The summed E-state index contributed by atoms with van der Waals surface area (Å²) in [6, 6.07) is 9.19. The number of benzene rings is 1. The van der Waals surface area contributed by atoms with Gasteiger partial charge in [0.1, 0.15) is 5.00 Å². The van der Waals surface area contributed by atoms with Crippen molar-refractivity contribution in [2.75, 3.05) is 19.4 Å². The molecule has 2 heterocycles. The highest BCUT2D eigenvalue weighted by atomic mass is 32.1. The van der Waals surface area contributed by atoms with Crippen LogP contribution in [0.15, 0.2) is 30.3 Å². The molecule has 114 valence electrons. The number of rotatable bonds is 2. The Bertz CT molecular complexity index is 724. The fourth-order valence-electron chi connectivity index (χ4n) is 2.69. The summed E-state index contributed by atoms with van der Waals surface area (Å²) < 4.78 is 4.79. The Morgan fingerprint density at radius 3 is 2.68 bits per heavy atom. The van der Waals surface area contributed by atoms with Crippen LogP contribution < -0.4 is 5.73 Å². The molecule has 0 saturated heterocycles. The number of carbonyl (C=O) groups is 2. The second-order valence-electron chi connectivity index (χ2n) is 5.08. The highest BCUT2D eigenvalue weighted by Crippen LogP contribution is 2.35. The average molecular weight is 316 g/mol. The number of nitrogens with two attached hydrogens (primary N) is 1. The first-order valence-corrected chi connectivity index (χ1v) is 7.76. The Kier molecular flexibility index (Phi) is 3.85. The molecule has 0 atom stereocenters. The summed E-state index contributed by atoms with van der Waals surface area (Å²) in [5.74, 6) is -0.407. The van der Waals surface area contributed by atoms with E-state index < -0.39 is 5.97 Å². The van der Waals surface area contributed by atoms with Crippen LogP contribution >= 0.6 is 11.3 Å². The molecule has 0 bridgehead atoms. The molecule has 0 aliphatic carbocycles. The fourth-order valence-corrected chi connectivity index (χ4v) is 3.81. The van der Waals surface area contributed by atoms with E-state index in [2.05, 4.69) is 0 Å². The van der Waals surface area contributed by atoms with Gasteiger partial charge in [-0.1, -0.05) is 18.2 Å². The van der Waals surface area contributed by atoms with Gasteiger partial charge in [-0.3, -0.25) is 4.79 Å². The summed E-state index contributed by atoms with van der Waals surface area (Å²) in [5.41, 5.74) is 8.00. The predicted molar refractivity (Wildman–Crippen MR) is 85.0 cm³/mol. The van der Waals surface area contributed by atoms with Crippen LogP contribution in [0, 0.1) is 0 Å². The summed E-state index contributed by atoms with van der Waals surface area (Å²) in [6.07, 6.45) is 0.617. The number of hydrogen-bond donors (Lipinski definition) is 1. The van der Waals surface area contributed by atoms with Crippen molar-refractivity contribution in [3.05, 3.63) is 51.9 Å². The number of methoxy groups -OCH3 is 1. The molecule has 6 heteroatoms. The highest BCUT2D eigenvalue weighted by molar-refractivity contribution is 7.16. The van der Waals surface area contributed by atoms with Crippen LogP contribution in [-0.2, 0) is 17.7 Å². The lowest BCUT2D eigenvalue weighted by Crippen LogP contribution is -2.35. The molecule has 0 radical (unpaired) electrons. The SMILES string of the molecule is COC(=O)c1c(N)sc2c1CCN(C(=O)c1ccccc1)C2. The molecule has 3 rings (SSSR count). The smallest absolute Gasteiger partial charge is 0.341 e. The third-order valence-electron chi connectivity index (χ3n) is 3.78. The average Bonchev–Trinajstić information content (AvgIpc) is 2.89. The van der Waals surface area contributed by atoms with Crippen molar-refractivity contribution in [2.24, 2.45) is 0 Å². The minimum atomic E-state index is -0.405. The van der Waals surface area contributed by atoms with Crippen molar-refractivity contribution in [3.63, 3.8) is 0 Å². The maximum atomic E-state index is 12.5. The van der Waals surface area contributed by atoms with Crippen LogP contribution in [0.4, 0.5) is 5.00 Å². The first-order chi connectivity index (χ1) is 10.6. The van der Waals surface area contributed by atoms with Crippen molar-refractivity contribution in [3.8, 4) is 0 Å². The van der Waals surface area contributed by atoms with Crippen molar-refractivity contribution in [2.45, 2.75) is 13.0 Å². The lowest BCUT2D eigenvalue weighted by molar-refractivity contribution is 0.0600. The zero-order valence-electron chi connectivity index (χ0n) is 12.2. The largest absolute Gasteiger partial charge is 0.465 e. The highest BCUT2D eigenvalue weighted by Gasteiger charge is 2.29. The van der Waals surface area contributed by atoms with Crippen LogP contribution in [0.5, 0.6) is 0 Å². The molecule has 1 aliphatic rings. The molecule has 0 spiro atoms. The maximum absolute atomic E-state index is 12.5. The molecule has 0 saturated carbocycles. The molecule has 22 heavy (non-hydrogen) atoms. The maximum Gasteiger partial charge on any atom is 0.341 e. The number of thiophene rings is 1. The van der Waals surface area contributed by atoms with Crippen molar-refractivity contribution < 1.29 is 14.3 Å². The van der Waals surface area contributed by atoms with E-state index >= 15 is 0 Å². The van der Waals surface area contributed by atoms with Gasteiger partial charge in [-0.15, -0.1) is 11.3 Å². The van der Waals surface area contributed by atoms with Gasteiger partial charge in [0.15, 0.2) is 0 Å². The summed E-state index contributed by atoms with van der Waals surface area (Å²) in [6.45, 7) is 1.05. The van der Waals surface area contributed by atoms with Gasteiger partial charge in [-0.05, 0) is 24.1 Å². The number of carbonyl (C=O) groups excluding carboxylic acids is 2. The van der Waals surface area contributed by atoms with Crippen LogP contribution in [0.2, 0.25) is 0 Å². The number of anilines is 1. The Morgan fingerprint density at radius 1 is 1.27 bits per heavy atom. The standard InChI is InChI=1S/C16H16N2O3S/c1-21-16(20)13-11-7-8-18(9-12(11)22-14(13)17)15(19)10-5-3-2-4-6-10/h2-6H,7-9,17H2,1H3. The van der Waals surface area contributed by atoms with E-state index in [1.165, 1.54) is 18.4 Å². The quantitative estimate of drug-likeness (QED) is 0.863. The van der Waals surface area contributed by atoms with Crippen LogP contribution in [-0.4, -0.2) is 30.4 Å². The van der Waals surface area contributed by atoms with Gasteiger partial charge in [0.05, 0.1) is 19.2 Å². The van der Waals surface area contributed by atoms with E-state index in [1.807, 2.05) is 18.2 Å². The lowest BCUT2D eigenvalue weighted by atomic mass is 10.0. The Labute approximate surface area is 132 Å². The minimum Gasteiger partial charge on any atom is -0.465 e. The monoisotopic (exact) mass is 316 g/mol. The summed E-state index contributed by atoms with van der Waals surface area (Å²) in [4.78, 5) is 27.1. The molecule has 0 unspecified atom stereocenters. The fraction of sp³-hybridized carbons (Fsp3) is 0.250. The number of esters is 1. The van der Waals surface area contributed by atoms with Gasteiger partial charge in [-0.2, -0.15) is 0 Å². The predicted octanol–water partition coefficient (Wildman–Crippen LogP) is 2.32. The lowest BCUT2D eigenvalue weighted by Gasteiger charge is -2.27. The molecule has 2 aromatic rings. The van der Waals surface area contributed by atoms with Gasteiger partial charge < -0.3 is 15.4 Å².